The molecule has 2 fully saturated rings. The normalized spacial score (nSPS) is 29.3. The van der Waals surface area contributed by atoms with Gasteiger partial charge in [-0.1, -0.05) is 59.2 Å². The zero-order chi connectivity index (χ0) is 13.1. The Labute approximate surface area is 129 Å². The van der Waals surface area contributed by atoms with Crippen molar-refractivity contribution < 1.29 is 0 Å². The SMILES string of the molecule is ClC(Cl)=C1CCCCC1C1CCCCC1=C(Cl)Cl. The zero-order valence-electron chi connectivity index (χ0n) is 10.3. The molecule has 2 unspecified atom stereocenters. The van der Waals surface area contributed by atoms with Gasteiger partial charge in [0.1, 0.15) is 8.98 Å². The molecule has 4 heteroatoms. The maximum absolute atomic E-state index is 6.06. The molecule has 2 saturated carbocycles. The summed E-state index contributed by atoms with van der Waals surface area (Å²) in [7, 11) is 0. The average Bonchev–Trinajstić information content (AvgIpc) is 2.38. The fourth-order valence-corrected chi connectivity index (χ4v) is 4.37. The third-order valence-electron chi connectivity index (χ3n) is 4.29. The summed E-state index contributed by atoms with van der Waals surface area (Å²) in [5, 5.41) is 0. The molecule has 18 heavy (non-hydrogen) atoms. The highest BCUT2D eigenvalue weighted by Crippen LogP contribution is 2.47. The van der Waals surface area contributed by atoms with Crippen molar-refractivity contribution in [2.24, 2.45) is 11.8 Å². The third kappa shape index (κ3) is 3.39. The number of allylic oxidation sites excluding steroid dienone is 2. The lowest BCUT2D eigenvalue weighted by Gasteiger charge is -2.37. The van der Waals surface area contributed by atoms with Gasteiger partial charge in [0.25, 0.3) is 0 Å². The minimum Gasteiger partial charge on any atom is -0.0709 e. The molecule has 2 rings (SSSR count). The number of hydrogen-bond acceptors (Lipinski definition) is 0. The smallest absolute Gasteiger partial charge is 0.0709 e. The lowest BCUT2D eigenvalue weighted by molar-refractivity contribution is 0.302. The third-order valence-corrected chi connectivity index (χ3v) is 5.26. The van der Waals surface area contributed by atoms with Gasteiger partial charge in [0, 0.05) is 0 Å². The van der Waals surface area contributed by atoms with Gasteiger partial charge in [-0.2, -0.15) is 0 Å². The van der Waals surface area contributed by atoms with Crippen molar-refractivity contribution in [3.8, 4) is 0 Å². The van der Waals surface area contributed by atoms with E-state index in [4.69, 9.17) is 46.4 Å². The molecule has 0 bridgehead atoms. The topological polar surface area (TPSA) is 0 Å². The minimum absolute atomic E-state index is 0.451. The first-order chi connectivity index (χ1) is 8.61. The number of rotatable bonds is 1. The van der Waals surface area contributed by atoms with E-state index in [0.717, 1.165) is 25.7 Å². The molecule has 2 aliphatic carbocycles. The molecule has 2 atom stereocenters. The molecule has 0 N–H and O–H groups in total. The second-order valence-electron chi connectivity index (χ2n) is 5.28. The molecule has 0 amide bonds. The van der Waals surface area contributed by atoms with Crippen molar-refractivity contribution in [2.75, 3.05) is 0 Å². The van der Waals surface area contributed by atoms with E-state index in [-0.39, 0.29) is 0 Å². The Balaban J connectivity index is 2.27. The first-order valence-electron chi connectivity index (χ1n) is 6.69. The van der Waals surface area contributed by atoms with Crippen LogP contribution in [0.5, 0.6) is 0 Å². The van der Waals surface area contributed by atoms with Crippen LogP contribution in [-0.2, 0) is 0 Å². The molecule has 0 aliphatic heterocycles. The van der Waals surface area contributed by atoms with E-state index < -0.39 is 0 Å². The average molecular weight is 328 g/mol. The van der Waals surface area contributed by atoms with E-state index in [9.17, 15) is 0 Å². The molecular weight excluding hydrogens is 310 g/mol. The van der Waals surface area contributed by atoms with Crippen molar-refractivity contribution >= 4 is 46.4 Å². The Morgan fingerprint density at radius 1 is 0.667 bits per heavy atom. The van der Waals surface area contributed by atoms with Crippen LogP contribution in [0.1, 0.15) is 51.4 Å². The Bertz CT molecular complexity index is 326. The maximum atomic E-state index is 6.06. The van der Waals surface area contributed by atoms with Gasteiger partial charge in [0.2, 0.25) is 0 Å². The van der Waals surface area contributed by atoms with E-state index in [2.05, 4.69) is 0 Å². The summed E-state index contributed by atoms with van der Waals surface area (Å²) >= 11 is 24.2. The van der Waals surface area contributed by atoms with Gasteiger partial charge < -0.3 is 0 Å². The van der Waals surface area contributed by atoms with Crippen LogP contribution in [0.25, 0.3) is 0 Å². The van der Waals surface area contributed by atoms with Crippen molar-refractivity contribution in [1.29, 1.82) is 0 Å². The molecule has 0 aromatic carbocycles. The van der Waals surface area contributed by atoms with Gasteiger partial charge >= 0.3 is 0 Å². The quantitative estimate of drug-likeness (QED) is 0.500. The van der Waals surface area contributed by atoms with Crippen LogP contribution in [0.2, 0.25) is 0 Å². The fourth-order valence-electron chi connectivity index (χ4n) is 3.44. The molecule has 0 radical (unpaired) electrons. The highest BCUT2D eigenvalue weighted by Gasteiger charge is 2.33. The molecule has 2 aliphatic rings. The summed E-state index contributed by atoms with van der Waals surface area (Å²) in [5.74, 6) is 0.901. The Kier molecular flexibility index (Phi) is 5.75. The lowest BCUT2D eigenvalue weighted by atomic mass is 9.69. The maximum Gasteiger partial charge on any atom is 0.106 e. The standard InChI is InChI=1S/C14H18Cl4/c15-13(16)11-7-3-1-5-9(11)10-6-2-4-8-12(10)14(17)18/h9-10H,1-8H2. The van der Waals surface area contributed by atoms with Gasteiger partial charge in [-0.15, -0.1) is 0 Å². The summed E-state index contributed by atoms with van der Waals surface area (Å²) in [6.45, 7) is 0. The minimum atomic E-state index is 0.451. The fraction of sp³-hybridized carbons (Fsp3) is 0.714. The molecule has 0 aromatic heterocycles. The van der Waals surface area contributed by atoms with Gasteiger partial charge in [0.15, 0.2) is 0 Å². The molecule has 0 heterocycles. The van der Waals surface area contributed by atoms with Gasteiger partial charge in [-0.3, -0.25) is 0 Å². The van der Waals surface area contributed by atoms with E-state index >= 15 is 0 Å². The van der Waals surface area contributed by atoms with E-state index in [0.29, 0.717) is 20.8 Å². The van der Waals surface area contributed by atoms with Crippen LogP contribution >= 0.6 is 46.4 Å². The van der Waals surface area contributed by atoms with Crippen LogP contribution in [-0.4, -0.2) is 0 Å². The summed E-state index contributed by atoms with van der Waals surface area (Å²) in [5.41, 5.74) is 2.45. The largest absolute Gasteiger partial charge is 0.106 e. The highest BCUT2D eigenvalue weighted by atomic mass is 35.5. The van der Waals surface area contributed by atoms with Crippen molar-refractivity contribution in [3.63, 3.8) is 0 Å². The van der Waals surface area contributed by atoms with Crippen molar-refractivity contribution in [1.82, 2.24) is 0 Å². The molecule has 0 nitrogen and oxygen atoms in total. The van der Waals surface area contributed by atoms with Crippen LogP contribution < -0.4 is 0 Å². The van der Waals surface area contributed by atoms with Crippen LogP contribution in [0, 0.1) is 11.8 Å². The first-order valence-corrected chi connectivity index (χ1v) is 8.20. The van der Waals surface area contributed by atoms with Crippen molar-refractivity contribution in [3.05, 3.63) is 20.1 Å². The molecule has 0 aromatic rings. The summed E-state index contributed by atoms with van der Waals surface area (Å²) in [6, 6.07) is 0. The summed E-state index contributed by atoms with van der Waals surface area (Å²) < 4.78 is 0.936. The predicted octanol–water partition coefficient (Wildman–Crippen LogP) is 6.75. The van der Waals surface area contributed by atoms with E-state index in [1.807, 2.05) is 0 Å². The molecular formula is C14H18Cl4. The zero-order valence-corrected chi connectivity index (χ0v) is 13.3. The van der Waals surface area contributed by atoms with E-state index in [1.54, 1.807) is 0 Å². The molecule has 0 spiro atoms. The Morgan fingerprint density at radius 2 is 1.06 bits per heavy atom. The first kappa shape index (κ1) is 15.0. The molecule has 0 saturated heterocycles. The van der Waals surface area contributed by atoms with Crippen LogP contribution in [0.4, 0.5) is 0 Å². The van der Waals surface area contributed by atoms with Crippen LogP contribution in [0.3, 0.4) is 0 Å². The monoisotopic (exact) mass is 326 g/mol. The highest BCUT2D eigenvalue weighted by molar-refractivity contribution is 6.56. The second kappa shape index (κ2) is 6.88. The summed E-state index contributed by atoms with van der Waals surface area (Å²) in [4.78, 5) is 0. The molecule has 102 valence electrons. The Hall–Kier alpha value is 0.640. The second-order valence-corrected chi connectivity index (χ2v) is 7.17. The number of hydrogen-bond donors (Lipinski definition) is 0. The predicted molar refractivity (Wildman–Crippen MR) is 81.4 cm³/mol. The van der Waals surface area contributed by atoms with Crippen molar-refractivity contribution in [2.45, 2.75) is 51.4 Å². The van der Waals surface area contributed by atoms with Gasteiger partial charge in [-0.25, -0.2) is 0 Å². The van der Waals surface area contributed by atoms with Crippen LogP contribution in [0.15, 0.2) is 20.1 Å². The number of halogens is 4. The lowest BCUT2D eigenvalue weighted by Crippen LogP contribution is -2.25. The Morgan fingerprint density at radius 3 is 1.39 bits per heavy atom. The van der Waals surface area contributed by atoms with E-state index in [1.165, 1.54) is 36.8 Å². The summed E-state index contributed by atoms with van der Waals surface area (Å²) in [6.07, 6.45) is 9.25. The van der Waals surface area contributed by atoms with Gasteiger partial charge in [-0.05, 0) is 61.5 Å². The van der Waals surface area contributed by atoms with Gasteiger partial charge in [0.05, 0.1) is 0 Å².